The Hall–Kier alpha value is -2.95. The number of aryl methyl sites for hydroxylation is 1. The van der Waals surface area contributed by atoms with E-state index in [9.17, 15) is 14.4 Å². The summed E-state index contributed by atoms with van der Waals surface area (Å²) in [7, 11) is 0. The van der Waals surface area contributed by atoms with Crippen LogP contribution in [0.4, 0.5) is 10.1 Å². The molecular weight excluding hydrogens is 527 g/mol. The Kier molecular flexibility index (Phi) is 7.61. The number of nitriles is 1. The van der Waals surface area contributed by atoms with Gasteiger partial charge in [0, 0.05) is 5.69 Å². The second kappa shape index (κ2) is 10.4. The number of anilines is 1. The Balaban J connectivity index is 1.76. The van der Waals surface area contributed by atoms with Crippen LogP contribution in [-0.2, 0) is 11.4 Å². The average Bonchev–Trinajstić information content (AvgIpc) is 2.74. The molecule has 0 bridgehead atoms. The van der Waals surface area contributed by atoms with E-state index in [0.29, 0.717) is 32.6 Å². The van der Waals surface area contributed by atoms with E-state index in [0.717, 1.165) is 5.56 Å². The minimum absolute atomic E-state index is 0.0866. The van der Waals surface area contributed by atoms with Crippen molar-refractivity contribution in [2.45, 2.75) is 13.5 Å². The largest absolute Gasteiger partial charge is 0.487 e. The van der Waals surface area contributed by atoms with Crippen LogP contribution in [0.25, 0.3) is 6.08 Å². The minimum atomic E-state index is -0.582. The molecule has 7 heteroatoms. The van der Waals surface area contributed by atoms with Crippen molar-refractivity contribution < 1.29 is 13.9 Å². The van der Waals surface area contributed by atoms with Crippen LogP contribution in [0.3, 0.4) is 0 Å². The Morgan fingerprint density at radius 3 is 2.29 bits per heavy atom. The van der Waals surface area contributed by atoms with Gasteiger partial charge in [0.1, 0.15) is 29.8 Å². The lowest BCUT2D eigenvalue weighted by Gasteiger charge is -2.12. The van der Waals surface area contributed by atoms with Crippen LogP contribution in [0.1, 0.15) is 16.7 Å². The van der Waals surface area contributed by atoms with Gasteiger partial charge in [0.25, 0.3) is 5.91 Å². The minimum Gasteiger partial charge on any atom is -0.487 e. The molecule has 0 aromatic heterocycles. The van der Waals surface area contributed by atoms with Gasteiger partial charge >= 0.3 is 0 Å². The number of rotatable bonds is 6. The molecule has 1 amide bonds. The molecule has 0 aliphatic rings. The molecule has 0 heterocycles. The summed E-state index contributed by atoms with van der Waals surface area (Å²) >= 11 is 6.98. The zero-order valence-corrected chi connectivity index (χ0v) is 19.6. The van der Waals surface area contributed by atoms with Crippen LogP contribution < -0.4 is 10.1 Å². The lowest BCUT2D eigenvalue weighted by atomic mass is 10.1. The number of hydrogen-bond acceptors (Lipinski definition) is 3. The van der Waals surface area contributed by atoms with Gasteiger partial charge in [0.05, 0.1) is 8.95 Å². The Labute approximate surface area is 196 Å². The van der Waals surface area contributed by atoms with Crippen LogP contribution in [-0.4, -0.2) is 5.91 Å². The van der Waals surface area contributed by atoms with Crippen molar-refractivity contribution in [1.29, 1.82) is 5.26 Å². The smallest absolute Gasteiger partial charge is 0.266 e. The standard InChI is InChI=1S/C24H17Br2FN2O2/c1-15-2-4-16(5-3-15)14-31-23-21(25)11-17(12-22(23)26)10-18(13-28)24(30)29-20-8-6-19(27)7-9-20/h2-12H,14H2,1H3,(H,29,30)/b18-10+. The molecule has 0 unspecified atom stereocenters. The maximum atomic E-state index is 13.0. The number of hydrogen-bond donors (Lipinski definition) is 1. The summed E-state index contributed by atoms with van der Waals surface area (Å²) in [5, 5.41) is 12.0. The number of nitrogens with zero attached hydrogens (tertiary/aromatic N) is 1. The van der Waals surface area contributed by atoms with Gasteiger partial charge in [-0.1, -0.05) is 29.8 Å². The fourth-order valence-electron chi connectivity index (χ4n) is 2.69. The number of halogens is 3. The van der Waals surface area contributed by atoms with E-state index >= 15 is 0 Å². The number of nitrogens with one attached hydrogen (secondary N) is 1. The molecule has 0 atom stereocenters. The lowest BCUT2D eigenvalue weighted by molar-refractivity contribution is -0.112. The third-order valence-corrected chi connectivity index (χ3v) is 5.48. The number of carbonyl (C=O) groups excluding carboxylic acids is 1. The van der Waals surface area contributed by atoms with E-state index in [1.165, 1.54) is 35.9 Å². The summed E-state index contributed by atoms with van der Waals surface area (Å²) < 4.78 is 20.3. The summed E-state index contributed by atoms with van der Waals surface area (Å²) in [6, 6.07) is 18.8. The van der Waals surface area contributed by atoms with Gasteiger partial charge in [0.15, 0.2) is 0 Å². The molecule has 0 radical (unpaired) electrons. The van der Waals surface area contributed by atoms with Gasteiger partial charge in [-0.25, -0.2) is 4.39 Å². The fraction of sp³-hybridized carbons (Fsp3) is 0.0833. The first kappa shape index (κ1) is 22.7. The zero-order chi connectivity index (χ0) is 22.4. The maximum absolute atomic E-state index is 13.0. The van der Waals surface area contributed by atoms with Gasteiger partial charge < -0.3 is 10.1 Å². The Morgan fingerprint density at radius 2 is 1.71 bits per heavy atom. The third-order valence-electron chi connectivity index (χ3n) is 4.30. The topological polar surface area (TPSA) is 62.1 Å². The van der Waals surface area contributed by atoms with Crippen molar-refractivity contribution in [3.05, 3.63) is 97.7 Å². The van der Waals surface area contributed by atoms with E-state index in [1.807, 2.05) is 37.3 Å². The zero-order valence-electron chi connectivity index (χ0n) is 16.5. The summed E-state index contributed by atoms with van der Waals surface area (Å²) in [4.78, 5) is 12.4. The van der Waals surface area contributed by atoms with Gasteiger partial charge in [-0.2, -0.15) is 5.26 Å². The summed E-state index contributed by atoms with van der Waals surface area (Å²) in [6.07, 6.45) is 1.47. The Bertz CT molecular complexity index is 1140. The monoisotopic (exact) mass is 542 g/mol. The maximum Gasteiger partial charge on any atom is 0.266 e. The predicted molar refractivity (Wildman–Crippen MR) is 126 cm³/mol. The number of carbonyl (C=O) groups is 1. The number of amides is 1. The molecule has 4 nitrogen and oxygen atoms in total. The summed E-state index contributed by atoms with van der Waals surface area (Å²) in [5.74, 6) is -0.374. The van der Waals surface area contributed by atoms with Crippen LogP contribution in [0.5, 0.6) is 5.75 Å². The first-order valence-electron chi connectivity index (χ1n) is 9.22. The van der Waals surface area contributed by atoms with Crippen LogP contribution in [0.2, 0.25) is 0 Å². The third kappa shape index (κ3) is 6.27. The second-order valence-electron chi connectivity index (χ2n) is 6.72. The van der Waals surface area contributed by atoms with Crippen molar-refractivity contribution in [3.63, 3.8) is 0 Å². The molecule has 0 aliphatic heterocycles. The molecule has 0 spiro atoms. The first-order chi connectivity index (χ1) is 14.9. The van der Waals surface area contributed by atoms with E-state index in [-0.39, 0.29) is 5.57 Å². The molecule has 156 valence electrons. The van der Waals surface area contributed by atoms with Gasteiger partial charge in [0.2, 0.25) is 0 Å². The molecule has 3 aromatic carbocycles. The summed E-state index contributed by atoms with van der Waals surface area (Å²) in [6.45, 7) is 2.43. The quantitative estimate of drug-likeness (QED) is 0.275. The average molecular weight is 544 g/mol. The van der Waals surface area contributed by atoms with Crippen molar-refractivity contribution in [1.82, 2.24) is 0 Å². The molecule has 1 N–H and O–H groups in total. The lowest BCUT2D eigenvalue weighted by Crippen LogP contribution is -2.13. The molecule has 3 rings (SSSR count). The highest BCUT2D eigenvalue weighted by molar-refractivity contribution is 9.11. The molecule has 31 heavy (non-hydrogen) atoms. The van der Waals surface area contributed by atoms with Crippen LogP contribution in [0, 0.1) is 24.1 Å². The number of ether oxygens (including phenoxy) is 1. The van der Waals surface area contributed by atoms with E-state index < -0.39 is 11.7 Å². The molecular formula is C24H17Br2FN2O2. The number of benzene rings is 3. The van der Waals surface area contributed by atoms with Crippen molar-refractivity contribution in [2.75, 3.05) is 5.32 Å². The highest BCUT2D eigenvalue weighted by Crippen LogP contribution is 2.36. The predicted octanol–water partition coefficient (Wildman–Crippen LogP) is 6.78. The van der Waals surface area contributed by atoms with Crippen LogP contribution in [0.15, 0.2) is 75.2 Å². The van der Waals surface area contributed by atoms with Crippen molar-refractivity contribution >= 4 is 49.5 Å². The highest BCUT2D eigenvalue weighted by Gasteiger charge is 2.13. The molecule has 0 aliphatic carbocycles. The van der Waals surface area contributed by atoms with Crippen molar-refractivity contribution in [3.8, 4) is 11.8 Å². The second-order valence-corrected chi connectivity index (χ2v) is 8.43. The highest BCUT2D eigenvalue weighted by atomic mass is 79.9. The van der Waals surface area contributed by atoms with Gasteiger partial charge in [-0.15, -0.1) is 0 Å². The first-order valence-corrected chi connectivity index (χ1v) is 10.8. The SMILES string of the molecule is Cc1ccc(COc2c(Br)cc(/C=C(\C#N)C(=O)Nc3ccc(F)cc3)cc2Br)cc1. The van der Waals surface area contributed by atoms with Crippen LogP contribution >= 0.6 is 31.9 Å². The molecule has 0 saturated carbocycles. The Morgan fingerprint density at radius 1 is 1.10 bits per heavy atom. The molecule has 0 saturated heterocycles. The van der Waals surface area contributed by atoms with E-state index in [1.54, 1.807) is 12.1 Å². The molecule has 0 fully saturated rings. The molecule has 3 aromatic rings. The normalized spacial score (nSPS) is 11.0. The van der Waals surface area contributed by atoms with Crippen molar-refractivity contribution in [2.24, 2.45) is 0 Å². The van der Waals surface area contributed by atoms with E-state index in [2.05, 4.69) is 37.2 Å². The van der Waals surface area contributed by atoms with Gasteiger partial charge in [-0.3, -0.25) is 4.79 Å². The van der Waals surface area contributed by atoms with E-state index in [4.69, 9.17) is 4.74 Å². The summed E-state index contributed by atoms with van der Waals surface area (Å²) in [5.41, 5.74) is 3.16. The van der Waals surface area contributed by atoms with Gasteiger partial charge in [-0.05, 0) is 92.4 Å². The fourth-order valence-corrected chi connectivity index (χ4v) is 4.14.